The molecule has 0 radical (unpaired) electrons. The van der Waals surface area contributed by atoms with E-state index >= 15 is 4.39 Å². The Labute approximate surface area is 215 Å². The van der Waals surface area contributed by atoms with Crippen LogP contribution in [0.5, 0.6) is 0 Å². The molecular weight excluding hydrogens is 528 g/mol. The summed E-state index contributed by atoms with van der Waals surface area (Å²) in [6, 6.07) is 13.9. The summed E-state index contributed by atoms with van der Waals surface area (Å²) >= 11 is 3.28. The number of hydrogen-bond donors (Lipinski definition) is 1. The first-order valence-electron chi connectivity index (χ1n) is 11.8. The van der Waals surface area contributed by atoms with Gasteiger partial charge in [-0.1, -0.05) is 43.5 Å². The zero-order chi connectivity index (χ0) is 25.4. The van der Waals surface area contributed by atoms with E-state index in [9.17, 15) is 14.0 Å². The number of amides is 1. The van der Waals surface area contributed by atoms with Gasteiger partial charge in [-0.05, 0) is 71.6 Å². The predicted molar refractivity (Wildman–Crippen MR) is 138 cm³/mol. The average molecular weight is 552 g/mol. The van der Waals surface area contributed by atoms with Crippen molar-refractivity contribution >= 4 is 32.6 Å². The Hall–Kier alpha value is -3.39. The van der Waals surface area contributed by atoms with Crippen LogP contribution >= 0.6 is 15.9 Å². The molecule has 2 aromatic heterocycles. The van der Waals surface area contributed by atoms with E-state index in [1.165, 1.54) is 35.0 Å². The topological polar surface area (TPSA) is 64.0 Å². The lowest BCUT2D eigenvalue weighted by Crippen LogP contribution is -2.47. The van der Waals surface area contributed by atoms with E-state index < -0.39 is 22.8 Å². The van der Waals surface area contributed by atoms with E-state index in [0.29, 0.717) is 34.4 Å². The monoisotopic (exact) mass is 551 g/mol. The summed E-state index contributed by atoms with van der Waals surface area (Å²) in [5.41, 5.74) is 0.354. The number of rotatable bonds is 4. The van der Waals surface area contributed by atoms with Crippen molar-refractivity contribution in [2.75, 3.05) is 0 Å². The molecule has 0 bridgehead atoms. The molecule has 0 saturated heterocycles. The van der Waals surface area contributed by atoms with E-state index in [4.69, 9.17) is 0 Å². The predicted octanol–water partition coefficient (Wildman–Crippen LogP) is 6.32. The smallest absolute Gasteiger partial charge is 0.266 e. The zero-order valence-corrected chi connectivity index (χ0v) is 21.2. The normalized spacial score (nSPS) is 15.1. The fourth-order valence-corrected chi connectivity index (χ4v) is 5.56. The van der Waals surface area contributed by atoms with Gasteiger partial charge in [0.1, 0.15) is 16.2 Å². The average Bonchev–Trinajstić information content (AvgIpc) is 2.86. The lowest BCUT2D eigenvalue weighted by Gasteiger charge is -2.39. The second kappa shape index (κ2) is 9.58. The molecule has 0 unspecified atom stereocenters. The van der Waals surface area contributed by atoms with Gasteiger partial charge in [0.15, 0.2) is 0 Å². The Morgan fingerprint density at radius 3 is 2.50 bits per heavy atom. The highest BCUT2D eigenvalue weighted by Crippen LogP contribution is 2.38. The molecular formula is C28H24BrF2N3O2. The molecule has 2 aromatic carbocycles. The molecule has 184 valence electrons. The van der Waals surface area contributed by atoms with Gasteiger partial charge in [-0.3, -0.25) is 14.2 Å². The minimum Gasteiger partial charge on any atom is -0.342 e. The number of pyridine rings is 2. The van der Waals surface area contributed by atoms with E-state index in [2.05, 4.69) is 26.2 Å². The highest BCUT2D eigenvalue weighted by molar-refractivity contribution is 9.10. The summed E-state index contributed by atoms with van der Waals surface area (Å²) in [7, 11) is 0. The lowest BCUT2D eigenvalue weighted by atomic mass is 9.76. The second-order valence-corrected chi connectivity index (χ2v) is 10.0. The summed E-state index contributed by atoms with van der Waals surface area (Å²) in [4.78, 5) is 31.7. The van der Waals surface area contributed by atoms with Gasteiger partial charge in [-0.15, -0.1) is 0 Å². The number of benzene rings is 2. The van der Waals surface area contributed by atoms with Gasteiger partial charge < -0.3 is 5.32 Å². The summed E-state index contributed by atoms with van der Waals surface area (Å²) < 4.78 is 31.1. The summed E-state index contributed by atoms with van der Waals surface area (Å²) in [6.45, 7) is 1.67. The molecule has 1 aliphatic carbocycles. The van der Waals surface area contributed by atoms with Crippen LogP contribution in [-0.4, -0.2) is 15.5 Å². The van der Waals surface area contributed by atoms with Crippen molar-refractivity contribution in [3.05, 3.63) is 104 Å². The molecule has 36 heavy (non-hydrogen) atoms. The fraction of sp³-hybridized carbons (Fsp3) is 0.250. The molecule has 0 atom stereocenters. The number of aromatic nitrogens is 2. The first-order valence-corrected chi connectivity index (χ1v) is 12.6. The van der Waals surface area contributed by atoms with E-state index in [1.807, 2.05) is 6.07 Å². The van der Waals surface area contributed by atoms with E-state index in [-0.39, 0.29) is 22.2 Å². The van der Waals surface area contributed by atoms with Crippen LogP contribution in [0.15, 0.2) is 70.2 Å². The van der Waals surface area contributed by atoms with Crippen LogP contribution in [-0.2, 0) is 5.54 Å². The Balaban J connectivity index is 1.71. The number of halogens is 3. The Morgan fingerprint density at radius 2 is 1.81 bits per heavy atom. The quantitative estimate of drug-likeness (QED) is 0.301. The van der Waals surface area contributed by atoms with Gasteiger partial charge in [0.05, 0.1) is 28.4 Å². The van der Waals surface area contributed by atoms with Gasteiger partial charge in [0, 0.05) is 11.1 Å². The number of carbonyl (C=O) groups excluding carboxylic acids is 1. The van der Waals surface area contributed by atoms with Gasteiger partial charge >= 0.3 is 0 Å². The van der Waals surface area contributed by atoms with Gasteiger partial charge in [-0.2, -0.15) is 0 Å². The van der Waals surface area contributed by atoms with Crippen LogP contribution in [0.1, 0.15) is 53.7 Å². The zero-order valence-electron chi connectivity index (χ0n) is 19.7. The molecule has 0 aliphatic heterocycles. The maximum absolute atomic E-state index is 15.0. The summed E-state index contributed by atoms with van der Waals surface area (Å²) in [6.07, 6.45) is 5.60. The summed E-state index contributed by atoms with van der Waals surface area (Å²) in [5.74, 6) is -1.51. The van der Waals surface area contributed by atoms with Crippen molar-refractivity contribution in [3.8, 4) is 5.69 Å². The third-order valence-corrected chi connectivity index (χ3v) is 7.50. The maximum atomic E-state index is 15.0. The molecule has 1 fully saturated rings. The molecule has 1 saturated carbocycles. The van der Waals surface area contributed by atoms with Crippen molar-refractivity contribution in [1.29, 1.82) is 0 Å². The van der Waals surface area contributed by atoms with Crippen LogP contribution in [0.2, 0.25) is 0 Å². The third kappa shape index (κ3) is 4.23. The van der Waals surface area contributed by atoms with Gasteiger partial charge in [0.25, 0.3) is 11.5 Å². The molecule has 8 heteroatoms. The molecule has 2 heterocycles. The first-order chi connectivity index (χ1) is 17.3. The van der Waals surface area contributed by atoms with Crippen molar-refractivity contribution in [3.63, 3.8) is 0 Å². The highest BCUT2D eigenvalue weighted by Gasteiger charge is 2.37. The number of hydrogen-bond acceptors (Lipinski definition) is 3. The fourth-order valence-electron chi connectivity index (χ4n) is 5.33. The molecule has 0 spiro atoms. The first kappa shape index (κ1) is 24.3. The largest absolute Gasteiger partial charge is 0.342 e. The maximum Gasteiger partial charge on any atom is 0.266 e. The summed E-state index contributed by atoms with van der Waals surface area (Å²) in [5, 5.41) is 3.26. The lowest BCUT2D eigenvalue weighted by molar-refractivity contribution is 0.0866. The van der Waals surface area contributed by atoms with Crippen molar-refractivity contribution in [2.24, 2.45) is 0 Å². The Bertz CT molecular complexity index is 1530. The molecule has 1 N–H and O–H groups in total. The van der Waals surface area contributed by atoms with E-state index in [0.717, 1.165) is 19.3 Å². The van der Waals surface area contributed by atoms with Crippen LogP contribution < -0.4 is 10.9 Å². The molecule has 1 aliphatic rings. The van der Waals surface area contributed by atoms with Crippen LogP contribution in [0.3, 0.4) is 0 Å². The van der Waals surface area contributed by atoms with Gasteiger partial charge in [0.2, 0.25) is 0 Å². The molecule has 1 amide bonds. The minimum absolute atomic E-state index is 0.167. The minimum atomic E-state index is -0.760. The van der Waals surface area contributed by atoms with Crippen molar-refractivity contribution in [1.82, 2.24) is 14.9 Å². The SMILES string of the molecule is Cc1c(C(=O)NC2(c3cccc(F)c3)CCCCC2)c2cccc(F)c2c(=O)n1-c1ccc(Br)nc1. The molecule has 4 aromatic rings. The van der Waals surface area contributed by atoms with Crippen molar-refractivity contribution < 1.29 is 13.6 Å². The van der Waals surface area contributed by atoms with Crippen LogP contribution in [0.4, 0.5) is 8.78 Å². The standard InChI is InChI=1S/C28H24BrF2N3O2/c1-17-24(26(35)33-28(13-3-2-4-14-28)18-7-5-8-19(30)15-18)21-9-6-10-22(31)25(21)27(36)34(17)20-11-12-23(29)32-16-20/h5-12,15-16H,2-4,13-14H2,1H3,(H,33,35). The third-order valence-electron chi connectivity index (χ3n) is 7.03. The number of nitrogens with zero attached hydrogens (tertiary/aromatic N) is 2. The number of nitrogens with one attached hydrogen (secondary N) is 1. The number of fused-ring (bicyclic) bond motifs is 1. The van der Waals surface area contributed by atoms with E-state index in [1.54, 1.807) is 31.2 Å². The number of carbonyl (C=O) groups is 1. The van der Waals surface area contributed by atoms with Crippen LogP contribution in [0.25, 0.3) is 16.5 Å². The Kier molecular flexibility index (Phi) is 6.47. The van der Waals surface area contributed by atoms with Crippen LogP contribution in [0, 0.1) is 18.6 Å². The Morgan fingerprint density at radius 1 is 1.06 bits per heavy atom. The molecule has 5 rings (SSSR count). The molecule has 5 nitrogen and oxygen atoms in total. The highest BCUT2D eigenvalue weighted by atomic mass is 79.9. The van der Waals surface area contributed by atoms with Crippen molar-refractivity contribution in [2.45, 2.75) is 44.6 Å². The van der Waals surface area contributed by atoms with Gasteiger partial charge in [-0.25, -0.2) is 13.8 Å². The second-order valence-electron chi connectivity index (χ2n) is 9.21.